The molecule has 1 atom stereocenters. The molecule has 1 heterocycles. The molecule has 2 amide bonds. The number of hydrogen-bond donors (Lipinski definition) is 3. The van der Waals surface area contributed by atoms with Gasteiger partial charge in [0.25, 0.3) is 0 Å². The summed E-state index contributed by atoms with van der Waals surface area (Å²) in [4.78, 5) is 23.3. The van der Waals surface area contributed by atoms with Crippen LogP contribution >= 0.6 is 0 Å². The maximum absolute atomic E-state index is 12.1. The highest BCUT2D eigenvalue weighted by molar-refractivity contribution is 6.02. The van der Waals surface area contributed by atoms with E-state index < -0.39 is 0 Å². The molecule has 4 N–H and O–H groups in total. The Morgan fingerprint density at radius 1 is 1.29 bits per heavy atom. The first-order valence-corrected chi connectivity index (χ1v) is 7.51. The normalized spacial score (nSPS) is 28.0. The van der Waals surface area contributed by atoms with Crippen LogP contribution < -0.4 is 16.4 Å². The Morgan fingerprint density at radius 2 is 2.00 bits per heavy atom. The number of hydrogen-bond acceptors (Lipinski definition) is 3. The molecule has 0 spiro atoms. The van der Waals surface area contributed by atoms with Crippen molar-refractivity contribution in [2.75, 3.05) is 5.32 Å². The van der Waals surface area contributed by atoms with Gasteiger partial charge in [-0.1, -0.05) is 17.7 Å². The van der Waals surface area contributed by atoms with Crippen molar-refractivity contribution in [3.63, 3.8) is 0 Å². The lowest BCUT2D eigenvalue weighted by atomic mass is 9.85. The number of nitrogens with one attached hydrogen (secondary N) is 2. The third kappa shape index (κ3) is 2.78. The standard InChI is InChI=1S/C16H21N3O2/c1-9-2-7-13-12(8-9)14(16(21)19-13)18-11-5-3-10(4-6-11)15(17)20/h2,7-8,10-11,14,18H,3-6H2,1H3,(H2,17,20)(H,19,21). The number of carbonyl (C=O) groups is 2. The Bertz CT molecular complexity index is 577. The van der Waals surface area contributed by atoms with Gasteiger partial charge in [0.1, 0.15) is 6.04 Å². The fourth-order valence-corrected chi connectivity index (χ4v) is 3.33. The second kappa shape index (κ2) is 5.48. The molecule has 21 heavy (non-hydrogen) atoms. The van der Waals surface area contributed by atoms with Crippen LogP contribution in [0.15, 0.2) is 18.2 Å². The van der Waals surface area contributed by atoms with Gasteiger partial charge >= 0.3 is 0 Å². The fourth-order valence-electron chi connectivity index (χ4n) is 3.33. The summed E-state index contributed by atoms with van der Waals surface area (Å²) >= 11 is 0. The lowest BCUT2D eigenvalue weighted by molar-refractivity contribution is -0.123. The van der Waals surface area contributed by atoms with Gasteiger partial charge in [0.05, 0.1) is 0 Å². The molecule has 0 aromatic heterocycles. The molecule has 5 heteroatoms. The zero-order valence-electron chi connectivity index (χ0n) is 12.2. The van der Waals surface area contributed by atoms with Gasteiger partial charge in [-0.2, -0.15) is 0 Å². The molecule has 1 aromatic carbocycles. The maximum atomic E-state index is 12.1. The van der Waals surface area contributed by atoms with Crippen molar-refractivity contribution < 1.29 is 9.59 Å². The van der Waals surface area contributed by atoms with Crippen LogP contribution in [0.1, 0.15) is 42.9 Å². The SMILES string of the molecule is Cc1ccc2c(c1)C(NC1CCC(C(N)=O)CC1)C(=O)N2. The molecule has 0 saturated heterocycles. The molecule has 1 aliphatic carbocycles. The Hall–Kier alpha value is -1.88. The van der Waals surface area contributed by atoms with E-state index in [1.165, 1.54) is 0 Å². The highest BCUT2D eigenvalue weighted by Crippen LogP contribution is 2.33. The van der Waals surface area contributed by atoms with Crippen molar-refractivity contribution in [1.82, 2.24) is 5.32 Å². The highest BCUT2D eigenvalue weighted by atomic mass is 16.2. The van der Waals surface area contributed by atoms with Crippen LogP contribution in [0.2, 0.25) is 0 Å². The quantitative estimate of drug-likeness (QED) is 0.790. The molecule has 2 aliphatic rings. The monoisotopic (exact) mass is 287 g/mol. The molecular weight excluding hydrogens is 266 g/mol. The molecule has 112 valence electrons. The first-order chi connectivity index (χ1) is 10.0. The number of primary amides is 1. The van der Waals surface area contributed by atoms with Crippen LogP contribution in [-0.2, 0) is 9.59 Å². The van der Waals surface area contributed by atoms with Crippen LogP contribution in [0.4, 0.5) is 5.69 Å². The van der Waals surface area contributed by atoms with E-state index in [1.807, 2.05) is 19.1 Å². The fraction of sp³-hybridized carbons (Fsp3) is 0.500. The van der Waals surface area contributed by atoms with Crippen molar-refractivity contribution >= 4 is 17.5 Å². The van der Waals surface area contributed by atoms with Crippen molar-refractivity contribution in [1.29, 1.82) is 0 Å². The van der Waals surface area contributed by atoms with Gasteiger partial charge in [0, 0.05) is 23.2 Å². The van der Waals surface area contributed by atoms with Crippen molar-refractivity contribution in [2.45, 2.75) is 44.7 Å². The summed E-state index contributed by atoms with van der Waals surface area (Å²) in [6.45, 7) is 2.03. The van der Waals surface area contributed by atoms with E-state index in [-0.39, 0.29) is 29.8 Å². The number of amides is 2. The third-order valence-electron chi connectivity index (χ3n) is 4.57. The van der Waals surface area contributed by atoms with Gasteiger partial charge in [-0.3, -0.25) is 14.9 Å². The van der Waals surface area contributed by atoms with Crippen molar-refractivity contribution in [3.8, 4) is 0 Å². The van der Waals surface area contributed by atoms with Gasteiger partial charge in [-0.25, -0.2) is 0 Å². The number of fused-ring (bicyclic) bond motifs is 1. The number of nitrogens with two attached hydrogens (primary N) is 1. The summed E-state index contributed by atoms with van der Waals surface area (Å²) in [7, 11) is 0. The number of aryl methyl sites for hydroxylation is 1. The van der Waals surface area contributed by atoms with E-state index in [0.717, 1.165) is 42.5 Å². The van der Waals surface area contributed by atoms with Crippen LogP contribution in [0, 0.1) is 12.8 Å². The van der Waals surface area contributed by atoms with Crippen molar-refractivity contribution in [3.05, 3.63) is 29.3 Å². The van der Waals surface area contributed by atoms with Gasteiger partial charge in [-0.15, -0.1) is 0 Å². The summed E-state index contributed by atoms with van der Waals surface area (Å²) < 4.78 is 0. The molecule has 0 radical (unpaired) electrons. The van der Waals surface area contributed by atoms with Crippen molar-refractivity contribution in [2.24, 2.45) is 11.7 Å². The number of anilines is 1. The number of benzene rings is 1. The summed E-state index contributed by atoms with van der Waals surface area (Å²) in [6.07, 6.45) is 3.39. The maximum Gasteiger partial charge on any atom is 0.246 e. The van der Waals surface area contributed by atoms with Gasteiger partial charge in [-0.05, 0) is 38.7 Å². The number of carbonyl (C=O) groups excluding carboxylic acids is 2. The Labute approximate surface area is 124 Å². The molecule has 1 unspecified atom stereocenters. The van der Waals surface area contributed by atoms with E-state index in [1.54, 1.807) is 0 Å². The molecule has 1 saturated carbocycles. The van der Waals surface area contributed by atoms with E-state index >= 15 is 0 Å². The van der Waals surface area contributed by atoms with Crippen LogP contribution in [0.25, 0.3) is 0 Å². The molecule has 5 nitrogen and oxygen atoms in total. The predicted octanol–water partition coefficient (Wildman–Crippen LogP) is 1.62. The van der Waals surface area contributed by atoms with Gasteiger partial charge < -0.3 is 11.1 Å². The predicted molar refractivity (Wildman–Crippen MR) is 80.6 cm³/mol. The third-order valence-corrected chi connectivity index (χ3v) is 4.57. The number of rotatable bonds is 3. The van der Waals surface area contributed by atoms with E-state index in [2.05, 4.69) is 16.7 Å². The lowest BCUT2D eigenvalue weighted by Crippen LogP contribution is -2.40. The second-order valence-corrected chi connectivity index (χ2v) is 6.13. The Morgan fingerprint density at radius 3 is 2.67 bits per heavy atom. The first kappa shape index (κ1) is 14.1. The van der Waals surface area contributed by atoms with Gasteiger partial charge in [0.15, 0.2) is 0 Å². The minimum atomic E-state index is -0.282. The molecule has 3 rings (SSSR count). The van der Waals surface area contributed by atoms with Crippen LogP contribution in [0.3, 0.4) is 0 Å². The topological polar surface area (TPSA) is 84.2 Å². The Balaban J connectivity index is 1.68. The molecule has 1 fully saturated rings. The average Bonchev–Trinajstić information content (AvgIpc) is 2.76. The van der Waals surface area contributed by atoms with E-state index in [4.69, 9.17) is 5.73 Å². The Kier molecular flexibility index (Phi) is 3.68. The first-order valence-electron chi connectivity index (χ1n) is 7.51. The minimum absolute atomic E-state index is 0.00464. The lowest BCUT2D eigenvalue weighted by Gasteiger charge is -2.29. The van der Waals surface area contributed by atoms with E-state index in [0.29, 0.717) is 0 Å². The zero-order valence-corrected chi connectivity index (χ0v) is 12.2. The smallest absolute Gasteiger partial charge is 0.246 e. The van der Waals surface area contributed by atoms with Crippen LogP contribution in [0.5, 0.6) is 0 Å². The molecule has 0 bridgehead atoms. The highest BCUT2D eigenvalue weighted by Gasteiger charge is 2.33. The summed E-state index contributed by atoms with van der Waals surface area (Å²) in [5, 5.41) is 6.36. The van der Waals surface area contributed by atoms with E-state index in [9.17, 15) is 9.59 Å². The van der Waals surface area contributed by atoms with Gasteiger partial charge in [0.2, 0.25) is 11.8 Å². The largest absolute Gasteiger partial charge is 0.369 e. The average molecular weight is 287 g/mol. The zero-order chi connectivity index (χ0) is 15.0. The molecule has 1 aromatic rings. The summed E-state index contributed by atoms with van der Waals surface area (Å²) in [6, 6.07) is 5.99. The summed E-state index contributed by atoms with van der Waals surface area (Å²) in [5.41, 5.74) is 8.42. The summed E-state index contributed by atoms with van der Waals surface area (Å²) in [5.74, 6) is -0.198. The minimum Gasteiger partial charge on any atom is -0.369 e. The second-order valence-electron chi connectivity index (χ2n) is 6.13. The van der Waals surface area contributed by atoms with Crippen LogP contribution in [-0.4, -0.2) is 17.9 Å². The molecule has 1 aliphatic heterocycles. The molecular formula is C16H21N3O2.